The van der Waals surface area contributed by atoms with Gasteiger partial charge in [0, 0.05) is 0 Å². The summed E-state index contributed by atoms with van der Waals surface area (Å²) in [5, 5.41) is 8.27. The molecule has 0 aromatic heterocycles. The van der Waals surface area contributed by atoms with Crippen molar-refractivity contribution in [2.75, 3.05) is 18.3 Å². The largest absolute Gasteiger partial charge is 0.480 e. The molecule has 68 valence electrons. The Labute approximate surface area is 77.1 Å². The van der Waals surface area contributed by atoms with E-state index >= 15 is 0 Å². The van der Waals surface area contributed by atoms with E-state index in [4.69, 9.17) is 10.8 Å². The second-order valence-corrected chi connectivity index (χ2v) is 2.71. The molecule has 0 unspecified atom stereocenters. The van der Waals surface area contributed by atoms with Gasteiger partial charge < -0.3 is 10.8 Å². The summed E-state index contributed by atoms with van der Waals surface area (Å²) in [4.78, 5) is 10.1. The van der Waals surface area contributed by atoms with E-state index in [-0.39, 0.29) is 0 Å². The van der Waals surface area contributed by atoms with Crippen LogP contribution in [0.5, 0.6) is 0 Å². The third-order valence-electron chi connectivity index (χ3n) is 0.950. The highest BCUT2D eigenvalue weighted by atomic mass is 32.2. The molecule has 3 N–H and O–H groups in total. The van der Waals surface area contributed by atoms with Crippen molar-refractivity contribution in [3.63, 3.8) is 0 Å². The van der Waals surface area contributed by atoms with Gasteiger partial charge >= 0.3 is 5.97 Å². The topological polar surface area (TPSA) is 63.3 Å². The summed E-state index contributed by atoms with van der Waals surface area (Å²) in [6.45, 7) is 0. The Balaban J connectivity index is 0. The van der Waals surface area contributed by atoms with Gasteiger partial charge in [-0.15, -0.1) is 0 Å². The summed E-state index contributed by atoms with van der Waals surface area (Å²) in [7, 11) is 0. The fourth-order valence-electron chi connectivity index (χ4n) is 0.368. The van der Waals surface area contributed by atoms with Gasteiger partial charge in [-0.1, -0.05) is 0 Å². The fraction of sp³-hybridized carbons (Fsp3) is 0.833. The average Bonchev–Trinajstić information content (AvgIpc) is 2.03. The van der Waals surface area contributed by atoms with Crippen molar-refractivity contribution in [1.82, 2.24) is 0 Å². The summed E-state index contributed by atoms with van der Waals surface area (Å²) in [5.41, 5.74) is 5.19. The predicted octanol–water partition coefficient (Wildman–Crippen LogP) is 0.697. The van der Waals surface area contributed by atoms with Gasteiger partial charge in [0.15, 0.2) is 0 Å². The lowest BCUT2D eigenvalue weighted by atomic mass is 10.2. The van der Waals surface area contributed by atoms with Crippen LogP contribution in [0.25, 0.3) is 0 Å². The molecule has 0 aromatic carbocycles. The number of carbonyl (C=O) groups is 1. The van der Waals surface area contributed by atoms with Crippen LogP contribution in [-0.4, -0.2) is 35.4 Å². The van der Waals surface area contributed by atoms with Crippen molar-refractivity contribution < 1.29 is 9.90 Å². The van der Waals surface area contributed by atoms with Crippen molar-refractivity contribution in [2.45, 2.75) is 12.5 Å². The summed E-state index contributed by atoms with van der Waals surface area (Å²) < 4.78 is 0. The molecule has 0 spiro atoms. The first-order chi connectivity index (χ1) is 5.18. The number of hydrogen-bond acceptors (Lipinski definition) is 4. The first-order valence-corrected chi connectivity index (χ1v) is 5.39. The molecule has 0 aromatic rings. The third-order valence-corrected chi connectivity index (χ3v) is 1.59. The maximum atomic E-state index is 10.1. The van der Waals surface area contributed by atoms with Crippen LogP contribution in [0, 0.1) is 0 Å². The molecule has 0 aliphatic rings. The maximum absolute atomic E-state index is 10.1. The van der Waals surface area contributed by atoms with Gasteiger partial charge in [0.05, 0.1) is 0 Å². The molecule has 0 amide bonds. The lowest BCUT2D eigenvalue weighted by Gasteiger charge is -2.02. The van der Waals surface area contributed by atoms with Gasteiger partial charge in [-0.25, -0.2) is 0 Å². The fourth-order valence-corrected chi connectivity index (χ4v) is 0.858. The van der Waals surface area contributed by atoms with Crippen LogP contribution in [0.4, 0.5) is 0 Å². The Bertz CT molecular complexity index is 101. The van der Waals surface area contributed by atoms with Crippen molar-refractivity contribution >= 4 is 30.4 Å². The molecule has 0 saturated heterocycles. The Morgan fingerprint density at radius 3 is 2.45 bits per heavy atom. The molecular formula is C6H15NO2S2. The van der Waals surface area contributed by atoms with Gasteiger partial charge in [0.25, 0.3) is 0 Å². The van der Waals surface area contributed by atoms with Crippen LogP contribution in [-0.2, 0) is 4.79 Å². The van der Waals surface area contributed by atoms with Crippen molar-refractivity contribution in [3.05, 3.63) is 0 Å². The van der Waals surface area contributed by atoms with Crippen molar-refractivity contribution in [3.8, 4) is 0 Å². The monoisotopic (exact) mass is 197 g/mol. The van der Waals surface area contributed by atoms with Gasteiger partial charge in [0.2, 0.25) is 0 Å². The molecule has 0 radical (unpaired) electrons. The summed E-state index contributed by atoms with van der Waals surface area (Å²) in [5.74, 6) is -0.1000. The highest BCUT2D eigenvalue weighted by Gasteiger charge is 2.08. The van der Waals surface area contributed by atoms with E-state index < -0.39 is 12.0 Å². The second-order valence-electron chi connectivity index (χ2n) is 1.73. The Hall–Kier alpha value is 0.130. The van der Waals surface area contributed by atoms with E-state index in [0.29, 0.717) is 6.42 Å². The van der Waals surface area contributed by atoms with Crippen LogP contribution in [0.2, 0.25) is 0 Å². The van der Waals surface area contributed by atoms with Gasteiger partial charge in [-0.05, 0) is 24.7 Å². The minimum atomic E-state index is -0.913. The molecule has 0 aliphatic carbocycles. The number of nitrogens with two attached hydrogens (primary N) is 1. The van der Waals surface area contributed by atoms with Crippen LogP contribution in [0.1, 0.15) is 6.42 Å². The standard InChI is InChI=1S/C5H11NO2S.CH4S/c1-9-3-2-4(6)5(7)8;1-2/h4H,2-3,6H2,1H3,(H,7,8);2H,1H3/t4-;/m1./s1. The van der Waals surface area contributed by atoms with E-state index in [1.165, 1.54) is 0 Å². The SMILES string of the molecule is CS.CSCC[C@@H](N)C(=O)O. The molecule has 3 nitrogen and oxygen atoms in total. The van der Waals surface area contributed by atoms with Crippen molar-refractivity contribution in [2.24, 2.45) is 5.73 Å². The lowest BCUT2D eigenvalue weighted by Crippen LogP contribution is -2.30. The van der Waals surface area contributed by atoms with E-state index in [2.05, 4.69) is 12.6 Å². The second kappa shape index (κ2) is 10.1. The highest BCUT2D eigenvalue weighted by molar-refractivity contribution is 7.98. The summed E-state index contributed by atoms with van der Waals surface area (Å²) in [6.07, 6.45) is 4.17. The molecule has 0 rings (SSSR count). The highest BCUT2D eigenvalue weighted by Crippen LogP contribution is 1.97. The molecule has 0 bridgehead atoms. The van der Waals surface area contributed by atoms with E-state index in [1.54, 1.807) is 18.0 Å². The van der Waals surface area contributed by atoms with Crippen LogP contribution >= 0.6 is 24.4 Å². The molecule has 0 heterocycles. The zero-order valence-electron chi connectivity index (χ0n) is 6.78. The van der Waals surface area contributed by atoms with Gasteiger partial charge in [-0.3, -0.25) is 4.79 Å². The number of rotatable bonds is 4. The van der Waals surface area contributed by atoms with Crippen LogP contribution in [0.3, 0.4) is 0 Å². The van der Waals surface area contributed by atoms with Crippen LogP contribution in [0.15, 0.2) is 0 Å². The molecule has 1 atom stereocenters. The molecule has 0 fully saturated rings. The van der Waals surface area contributed by atoms with E-state index in [0.717, 1.165) is 5.75 Å². The maximum Gasteiger partial charge on any atom is 0.320 e. The number of hydrogen-bond donors (Lipinski definition) is 3. The predicted molar refractivity (Wildman–Crippen MR) is 53.5 cm³/mol. The number of thiol groups is 1. The van der Waals surface area contributed by atoms with Gasteiger partial charge in [0.1, 0.15) is 6.04 Å². The first-order valence-electron chi connectivity index (χ1n) is 3.10. The van der Waals surface area contributed by atoms with Crippen molar-refractivity contribution in [1.29, 1.82) is 0 Å². The quantitative estimate of drug-likeness (QED) is 0.580. The minimum absolute atomic E-state index is 0.552. The first kappa shape index (κ1) is 13.7. The minimum Gasteiger partial charge on any atom is -0.480 e. The molecule has 0 saturated carbocycles. The zero-order chi connectivity index (χ0) is 9.28. The Kier molecular flexibility index (Phi) is 12.6. The summed E-state index contributed by atoms with van der Waals surface area (Å²) >= 11 is 5.13. The van der Waals surface area contributed by atoms with Crippen LogP contribution < -0.4 is 5.73 Å². The number of carboxylic acids is 1. The number of thioether (sulfide) groups is 1. The summed E-state index contributed by atoms with van der Waals surface area (Å²) in [6, 6.07) is -0.683. The number of aliphatic carboxylic acids is 1. The van der Waals surface area contributed by atoms with E-state index in [1.807, 2.05) is 6.26 Å². The zero-order valence-corrected chi connectivity index (χ0v) is 8.49. The Morgan fingerprint density at radius 2 is 2.18 bits per heavy atom. The smallest absolute Gasteiger partial charge is 0.320 e. The normalized spacial score (nSPS) is 11.3. The average molecular weight is 197 g/mol. The molecule has 0 aliphatic heterocycles. The molecule has 11 heavy (non-hydrogen) atoms. The van der Waals surface area contributed by atoms with E-state index in [9.17, 15) is 4.79 Å². The molecular weight excluding hydrogens is 182 g/mol. The molecule has 5 heteroatoms. The third kappa shape index (κ3) is 10.1. The lowest BCUT2D eigenvalue weighted by molar-refractivity contribution is -0.138. The van der Waals surface area contributed by atoms with Gasteiger partial charge in [-0.2, -0.15) is 24.4 Å². The Morgan fingerprint density at radius 1 is 1.73 bits per heavy atom. The number of carboxylic acid groups (broad SMARTS) is 1.